The van der Waals surface area contributed by atoms with E-state index in [9.17, 15) is 13.6 Å². The lowest BCUT2D eigenvalue weighted by atomic mass is 10.3. The molecule has 0 unspecified atom stereocenters. The number of anilines is 1. The van der Waals surface area contributed by atoms with Gasteiger partial charge in [0.1, 0.15) is 0 Å². The largest absolute Gasteiger partial charge is 0.325 e. The van der Waals surface area contributed by atoms with Gasteiger partial charge in [0.25, 0.3) is 5.76 Å². The topological polar surface area (TPSA) is 29.1 Å². The molecule has 0 spiro atoms. The van der Waals surface area contributed by atoms with Crippen LogP contribution in [0.15, 0.2) is 29.2 Å². The van der Waals surface area contributed by atoms with Crippen LogP contribution < -0.4 is 5.32 Å². The molecule has 1 N–H and O–H groups in total. The Hall–Kier alpha value is -0.750. The molecule has 106 valence electrons. The number of carbonyl (C=O) groups is 1. The van der Waals surface area contributed by atoms with Gasteiger partial charge in [-0.1, -0.05) is 32.5 Å². The highest BCUT2D eigenvalue weighted by Gasteiger charge is 2.13. The van der Waals surface area contributed by atoms with E-state index in [1.165, 1.54) is 0 Å². The molecule has 0 heterocycles. The van der Waals surface area contributed by atoms with Gasteiger partial charge in [-0.2, -0.15) is 8.78 Å². The minimum absolute atomic E-state index is 0.0368. The zero-order valence-electron chi connectivity index (χ0n) is 11.1. The van der Waals surface area contributed by atoms with Crippen LogP contribution in [-0.2, 0) is 4.79 Å². The summed E-state index contributed by atoms with van der Waals surface area (Å²) in [6, 6.07) is 6.40. The fourth-order valence-electron chi connectivity index (χ4n) is 1.20. The fourth-order valence-corrected chi connectivity index (χ4v) is 2.33. The number of halogens is 2. The molecule has 6 heteroatoms. The number of hydrogen-bond donors (Lipinski definition) is 1. The first kappa shape index (κ1) is 16.3. The van der Waals surface area contributed by atoms with Crippen LogP contribution in [0.25, 0.3) is 0 Å². The van der Waals surface area contributed by atoms with Crippen molar-refractivity contribution < 1.29 is 13.6 Å². The summed E-state index contributed by atoms with van der Waals surface area (Å²) in [4.78, 5) is 12.1. The van der Waals surface area contributed by atoms with Crippen LogP contribution in [0.2, 0.25) is 0 Å². The molecule has 0 aromatic heterocycles. The van der Waals surface area contributed by atoms with Crippen LogP contribution in [0.4, 0.5) is 14.5 Å². The summed E-state index contributed by atoms with van der Waals surface area (Å²) >= 11 is 2.05. The van der Waals surface area contributed by atoms with Gasteiger partial charge in [-0.05, 0) is 24.3 Å². The van der Waals surface area contributed by atoms with Crippen molar-refractivity contribution in [1.29, 1.82) is 0 Å². The fraction of sp³-hybridized carbons (Fsp3) is 0.462. The van der Waals surface area contributed by atoms with Crippen molar-refractivity contribution >= 4 is 35.1 Å². The number of thioether (sulfide) groups is 2. The van der Waals surface area contributed by atoms with Gasteiger partial charge in [0, 0.05) is 15.3 Å². The number of rotatable bonds is 5. The number of nitrogens with one attached hydrogen (secondary N) is 1. The Morgan fingerprint density at radius 1 is 1.26 bits per heavy atom. The molecule has 0 saturated heterocycles. The molecule has 0 aliphatic heterocycles. The van der Waals surface area contributed by atoms with E-state index in [-0.39, 0.29) is 10.7 Å². The van der Waals surface area contributed by atoms with Crippen molar-refractivity contribution in [2.45, 2.75) is 36.2 Å². The minimum atomic E-state index is -2.43. The highest BCUT2D eigenvalue weighted by atomic mass is 32.2. The zero-order chi connectivity index (χ0) is 14.5. The van der Waals surface area contributed by atoms with Crippen LogP contribution in [0.5, 0.6) is 0 Å². The summed E-state index contributed by atoms with van der Waals surface area (Å²) in [6.45, 7) is 6.13. The smallest absolute Gasteiger partial charge is 0.288 e. The number of benzene rings is 1. The third kappa shape index (κ3) is 7.42. The van der Waals surface area contributed by atoms with Crippen LogP contribution in [0.3, 0.4) is 0 Å². The van der Waals surface area contributed by atoms with Crippen LogP contribution in [-0.4, -0.2) is 22.2 Å². The predicted octanol–water partition coefficient (Wildman–Crippen LogP) is 4.47. The van der Waals surface area contributed by atoms with Gasteiger partial charge < -0.3 is 5.32 Å². The lowest BCUT2D eigenvalue weighted by molar-refractivity contribution is -0.113. The summed E-state index contributed by atoms with van der Waals surface area (Å²) in [6.07, 6.45) is 0. The van der Waals surface area contributed by atoms with Crippen molar-refractivity contribution in [1.82, 2.24) is 0 Å². The second kappa shape index (κ2) is 7.14. The molecular formula is C13H17F2NOS2. The van der Waals surface area contributed by atoms with Crippen molar-refractivity contribution in [2.75, 3.05) is 11.1 Å². The van der Waals surface area contributed by atoms with Crippen LogP contribution >= 0.6 is 23.5 Å². The van der Waals surface area contributed by atoms with Gasteiger partial charge in [0.05, 0.1) is 5.75 Å². The standard InChI is InChI=1S/C13H17F2NOS2/c1-13(2,3)18-8-11(17)16-9-4-6-10(7-5-9)19-12(14)15/h4-7,12H,8H2,1-3H3,(H,16,17). The van der Waals surface area contributed by atoms with E-state index in [4.69, 9.17) is 0 Å². The van der Waals surface area contributed by atoms with E-state index in [1.807, 2.05) is 20.8 Å². The molecule has 0 aliphatic carbocycles. The molecule has 0 radical (unpaired) electrons. The lowest BCUT2D eigenvalue weighted by Crippen LogP contribution is -2.18. The molecule has 1 rings (SSSR count). The van der Waals surface area contributed by atoms with Crippen LogP contribution in [0.1, 0.15) is 20.8 Å². The second-order valence-electron chi connectivity index (χ2n) is 4.85. The lowest BCUT2D eigenvalue weighted by Gasteiger charge is -2.17. The maximum atomic E-state index is 12.1. The summed E-state index contributed by atoms with van der Waals surface area (Å²) in [7, 11) is 0. The maximum Gasteiger partial charge on any atom is 0.288 e. The molecule has 0 fully saturated rings. The molecule has 1 aromatic carbocycles. The minimum Gasteiger partial charge on any atom is -0.325 e. The Morgan fingerprint density at radius 3 is 2.32 bits per heavy atom. The molecule has 1 amide bonds. The van der Waals surface area contributed by atoms with Gasteiger partial charge in [-0.15, -0.1) is 11.8 Å². The average Bonchev–Trinajstić information content (AvgIpc) is 2.28. The SMILES string of the molecule is CC(C)(C)SCC(=O)Nc1ccc(SC(F)F)cc1. The number of carbonyl (C=O) groups excluding carboxylic acids is 1. The molecule has 0 saturated carbocycles. The van der Waals surface area contributed by atoms with E-state index < -0.39 is 5.76 Å². The first-order valence-corrected chi connectivity index (χ1v) is 7.61. The second-order valence-corrected chi connectivity index (χ2v) is 7.72. The van der Waals surface area contributed by atoms with Gasteiger partial charge >= 0.3 is 0 Å². The number of hydrogen-bond acceptors (Lipinski definition) is 3. The number of alkyl halides is 2. The van der Waals surface area contributed by atoms with Gasteiger partial charge in [0.2, 0.25) is 5.91 Å². The van der Waals surface area contributed by atoms with Crippen molar-refractivity contribution in [2.24, 2.45) is 0 Å². The Kier molecular flexibility index (Phi) is 6.13. The average molecular weight is 305 g/mol. The Morgan fingerprint density at radius 2 is 1.84 bits per heavy atom. The number of amides is 1. The summed E-state index contributed by atoms with van der Waals surface area (Å²) in [5.41, 5.74) is 0.623. The molecule has 1 aromatic rings. The molecule has 19 heavy (non-hydrogen) atoms. The summed E-state index contributed by atoms with van der Waals surface area (Å²) < 4.78 is 24.3. The van der Waals surface area contributed by atoms with Crippen LogP contribution in [0, 0.1) is 0 Å². The third-order valence-electron chi connectivity index (χ3n) is 2.00. The van der Waals surface area contributed by atoms with E-state index >= 15 is 0 Å². The monoisotopic (exact) mass is 305 g/mol. The Bertz CT molecular complexity index is 416. The maximum absolute atomic E-state index is 12.1. The first-order chi connectivity index (χ1) is 8.76. The highest BCUT2D eigenvalue weighted by Crippen LogP contribution is 2.26. The quantitative estimate of drug-likeness (QED) is 0.814. The van der Waals surface area contributed by atoms with E-state index in [1.54, 1.807) is 36.0 Å². The molecule has 0 atom stereocenters. The molecule has 2 nitrogen and oxygen atoms in total. The van der Waals surface area contributed by atoms with Gasteiger partial charge in [-0.3, -0.25) is 4.79 Å². The summed E-state index contributed by atoms with van der Waals surface area (Å²) in [5, 5.41) is 2.74. The first-order valence-electron chi connectivity index (χ1n) is 5.75. The van der Waals surface area contributed by atoms with E-state index in [0.717, 1.165) is 0 Å². The summed E-state index contributed by atoms with van der Waals surface area (Å²) in [5.74, 6) is -2.14. The molecule has 0 bridgehead atoms. The van der Waals surface area contributed by atoms with E-state index in [2.05, 4.69) is 5.32 Å². The Labute approximate surface area is 120 Å². The normalized spacial score (nSPS) is 11.7. The zero-order valence-corrected chi connectivity index (χ0v) is 12.7. The van der Waals surface area contributed by atoms with Crippen molar-refractivity contribution in [3.8, 4) is 0 Å². The molecular weight excluding hydrogens is 288 g/mol. The Balaban J connectivity index is 2.47. The van der Waals surface area contributed by atoms with Crippen molar-refractivity contribution in [3.63, 3.8) is 0 Å². The van der Waals surface area contributed by atoms with Gasteiger partial charge in [0.15, 0.2) is 0 Å². The predicted molar refractivity (Wildman–Crippen MR) is 79.1 cm³/mol. The highest BCUT2D eigenvalue weighted by molar-refractivity contribution is 8.01. The third-order valence-corrected chi connectivity index (χ3v) is 3.99. The van der Waals surface area contributed by atoms with E-state index in [0.29, 0.717) is 28.1 Å². The van der Waals surface area contributed by atoms with Crippen molar-refractivity contribution in [3.05, 3.63) is 24.3 Å². The van der Waals surface area contributed by atoms with Gasteiger partial charge in [-0.25, -0.2) is 0 Å². The molecule has 0 aliphatic rings.